The standard InChI is InChI=1S/C15H21NO5/c1-15(2,3)21-14(19)16-12(13(17)18)10-20-9-11-7-5-4-6-8-11/h4-8,12H,9-10H2,1-3H3,(H,16,19)(H,17,18)/t12-/m1/s1. The SMILES string of the molecule is CC(C)(C)OC(=O)N[C@H](COCc1ccccc1)C(=O)O. The number of hydrogen-bond acceptors (Lipinski definition) is 4. The number of aliphatic carboxylic acids is 1. The quantitative estimate of drug-likeness (QED) is 0.840. The molecule has 0 saturated carbocycles. The summed E-state index contributed by atoms with van der Waals surface area (Å²) in [5.41, 5.74) is 0.247. The maximum atomic E-state index is 11.6. The highest BCUT2D eigenvalue weighted by atomic mass is 16.6. The molecule has 2 N–H and O–H groups in total. The van der Waals surface area contributed by atoms with E-state index in [1.807, 2.05) is 30.3 Å². The number of carbonyl (C=O) groups is 2. The molecule has 1 rings (SSSR count). The first-order chi connectivity index (χ1) is 9.78. The highest BCUT2D eigenvalue weighted by Crippen LogP contribution is 2.07. The van der Waals surface area contributed by atoms with Crippen LogP contribution in [0, 0.1) is 0 Å². The molecule has 0 unspecified atom stereocenters. The lowest BCUT2D eigenvalue weighted by molar-refractivity contribution is -0.141. The summed E-state index contributed by atoms with van der Waals surface area (Å²) in [6.07, 6.45) is -0.779. The van der Waals surface area contributed by atoms with Crippen molar-refractivity contribution in [3.8, 4) is 0 Å². The summed E-state index contributed by atoms with van der Waals surface area (Å²) < 4.78 is 10.3. The van der Waals surface area contributed by atoms with Gasteiger partial charge in [-0.25, -0.2) is 9.59 Å². The highest BCUT2D eigenvalue weighted by molar-refractivity contribution is 5.80. The average Bonchev–Trinajstić information content (AvgIpc) is 2.36. The van der Waals surface area contributed by atoms with Crippen LogP contribution in [0.15, 0.2) is 30.3 Å². The Morgan fingerprint density at radius 1 is 1.24 bits per heavy atom. The topological polar surface area (TPSA) is 84.9 Å². The number of nitrogens with one attached hydrogen (secondary N) is 1. The number of alkyl carbamates (subject to hydrolysis) is 1. The van der Waals surface area contributed by atoms with Crippen molar-refractivity contribution in [3.63, 3.8) is 0 Å². The van der Waals surface area contributed by atoms with Gasteiger partial charge in [-0.15, -0.1) is 0 Å². The molecular weight excluding hydrogens is 274 g/mol. The number of amides is 1. The zero-order valence-corrected chi connectivity index (χ0v) is 12.5. The van der Waals surface area contributed by atoms with Crippen LogP contribution in [0.25, 0.3) is 0 Å². The Labute approximate surface area is 124 Å². The Hall–Kier alpha value is -2.08. The minimum Gasteiger partial charge on any atom is -0.480 e. The summed E-state index contributed by atoms with van der Waals surface area (Å²) in [4.78, 5) is 22.6. The van der Waals surface area contributed by atoms with Gasteiger partial charge < -0.3 is 19.9 Å². The predicted molar refractivity (Wildman–Crippen MR) is 76.9 cm³/mol. The van der Waals surface area contributed by atoms with Gasteiger partial charge >= 0.3 is 12.1 Å². The van der Waals surface area contributed by atoms with Gasteiger partial charge in [-0.1, -0.05) is 30.3 Å². The average molecular weight is 295 g/mol. The van der Waals surface area contributed by atoms with Crippen molar-refractivity contribution in [1.82, 2.24) is 5.32 Å². The predicted octanol–water partition coefficient (Wildman–Crippen LogP) is 2.18. The monoisotopic (exact) mass is 295 g/mol. The van der Waals surface area contributed by atoms with Gasteiger partial charge in [-0.05, 0) is 26.3 Å². The molecule has 6 heteroatoms. The van der Waals surface area contributed by atoms with Crippen molar-refractivity contribution in [1.29, 1.82) is 0 Å². The summed E-state index contributed by atoms with van der Waals surface area (Å²) in [6, 6.07) is 8.21. The molecule has 0 spiro atoms. The minimum absolute atomic E-state index is 0.135. The molecule has 0 aromatic heterocycles. The second kappa shape index (κ2) is 7.64. The highest BCUT2D eigenvalue weighted by Gasteiger charge is 2.24. The van der Waals surface area contributed by atoms with Crippen LogP contribution >= 0.6 is 0 Å². The van der Waals surface area contributed by atoms with Crippen molar-refractivity contribution in [2.45, 2.75) is 39.0 Å². The van der Waals surface area contributed by atoms with E-state index in [0.717, 1.165) is 5.56 Å². The summed E-state index contributed by atoms with van der Waals surface area (Å²) in [5, 5.41) is 11.3. The molecule has 0 heterocycles. The van der Waals surface area contributed by atoms with E-state index >= 15 is 0 Å². The molecule has 0 aliphatic carbocycles. The molecule has 0 saturated heterocycles. The van der Waals surface area contributed by atoms with Crippen LogP contribution in [0.2, 0.25) is 0 Å². The van der Waals surface area contributed by atoms with E-state index in [2.05, 4.69) is 5.32 Å². The Morgan fingerprint density at radius 3 is 2.38 bits per heavy atom. The van der Waals surface area contributed by atoms with Crippen molar-refractivity contribution >= 4 is 12.1 Å². The molecule has 6 nitrogen and oxygen atoms in total. The van der Waals surface area contributed by atoms with Gasteiger partial charge in [0.1, 0.15) is 5.60 Å². The molecule has 1 amide bonds. The lowest BCUT2D eigenvalue weighted by Gasteiger charge is -2.22. The van der Waals surface area contributed by atoms with Crippen LogP contribution < -0.4 is 5.32 Å². The molecule has 1 aromatic rings. The largest absolute Gasteiger partial charge is 0.480 e. The third-order valence-corrected chi connectivity index (χ3v) is 2.39. The van der Waals surface area contributed by atoms with Crippen molar-refractivity contribution in [2.75, 3.05) is 6.61 Å². The number of ether oxygens (including phenoxy) is 2. The number of carboxylic acids is 1. The number of benzene rings is 1. The second-order valence-corrected chi connectivity index (χ2v) is 5.54. The van der Waals surface area contributed by atoms with E-state index in [4.69, 9.17) is 14.6 Å². The zero-order chi connectivity index (χ0) is 15.9. The molecule has 0 radical (unpaired) electrons. The van der Waals surface area contributed by atoms with Crippen molar-refractivity contribution < 1.29 is 24.2 Å². The normalized spacial score (nSPS) is 12.5. The van der Waals surface area contributed by atoms with Gasteiger partial charge in [0.2, 0.25) is 0 Å². The van der Waals surface area contributed by atoms with E-state index in [9.17, 15) is 9.59 Å². The van der Waals surface area contributed by atoms with E-state index < -0.39 is 23.7 Å². The van der Waals surface area contributed by atoms with Gasteiger partial charge in [0.15, 0.2) is 6.04 Å². The summed E-state index contributed by atoms with van der Waals surface area (Å²) >= 11 is 0. The second-order valence-electron chi connectivity index (χ2n) is 5.54. The number of carboxylic acid groups (broad SMARTS) is 1. The van der Waals surface area contributed by atoms with Crippen LogP contribution in [0.4, 0.5) is 4.79 Å². The van der Waals surface area contributed by atoms with Gasteiger partial charge in [-0.3, -0.25) is 0 Å². The Morgan fingerprint density at radius 2 is 1.86 bits per heavy atom. The van der Waals surface area contributed by atoms with E-state index in [0.29, 0.717) is 0 Å². The molecule has 1 aromatic carbocycles. The summed E-state index contributed by atoms with van der Waals surface area (Å²) in [5.74, 6) is -1.17. The third-order valence-electron chi connectivity index (χ3n) is 2.39. The number of hydrogen-bond donors (Lipinski definition) is 2. The molecule has 1 atom stereocenters. The third kappa shape index (κ3) is 7.31. The van der Waals surface area contributed by atoms with Crippen molar-refractivity contribution in [2.24, 2.45) is 0 Å². The van der Waals surface area contributed by atoms with Gasteiger partial charge in [0.25, 0.3) is 0 Å². The Bertz CT molecular complexity index is 467. The smallest absolute Gasteiger partial charge is 0.408 e. The van der Waals surface area contributed by atoms with E-state index in [-0.39, 0.29) is 13.2 Å². The summed E-state index contributed by atoms with van der Waals surface area (Å²) in [7, 11) is 0. The van der Waals surface area contributed by atoms with Crippen LogP contribution in [0.1, 0.15) is 26.3 Å². The van der Waals surface area contributed by atoms with Crippen molar-refractivity contribution in [3.05, 3.63) is 35.9 Å². The fraction of sp³-hybridized carbons (Fsp3) is 0.467. The van der Waals surface area contributed by atoms with Gasteiger partial charge in [0, 0.05) is 0 Å². The van der Waals surface area contributed by atoms with Gasteiger partial charge in [-0.2, -0.15) is 0 Å². The lowest BCUT2D eigenvalue weighted by atomic mass is 10.2. The molecule has 21 heavy (non-hydrogen) atoms. The molecule has 0 bridgehead atoms. The summed E-state index contributed by atoms with van der Waals surface area (Å²) in [6.45, 7) is 5.25. The fourth-order valence-electron chi connectivity index (χ4n) is 1.49. The first kappa shape index (κ1) is 17.0. The molecular formula is C15H21NO5. The van der Waals surface area contributed by atoms with E-state index in [1.165, 1.54) is 0 Å². The van der Waals surface area contributed by atoms with Crippen LogP contribution in [0.5, 0.6) is 0 Å². The zero-order valence-electron chi connectivity index (χ0n) is 12.5. The Kier molecular flexibility index (Phi) is 6.17. The molecule has 116 valence electrons. The minimum atomic E-state index is -1.17. The molecule has 0 aliphatic heterocycles. The number of carbonyl (C=O) groups excluding carboxylic acids is 1. The lowest BCUT2D eigenvalue weighted by Crippen LogP contribution is -2.46. The molecule has 0 fully saturated rings. The van der Waals surface area contributed by atoms with Crippen LogP contribution in [0.3, 0.4) is 0 Å². The van der Waals surface area contributed by atoms with E-state index in [1.54, 1.807) is 20.8 Å². The first-order valence-corrected chi connectivity index (χ1v) is 6.62. The molecule has 0 aliphatic rings. The fourth-order valence-corrected chi connectivity index (χ4v) is 1.49. The van der Waals surface area contributed by atoms with Crippen LogP contribution in [-0.2, 0) is 20.9 Å². The Balaban J connectivity index is 2.43. The number of rotatable bonds is 6. The maximum absolute atomic E-state index is 11.6. The van der Waals surface area contributed by atoms with Crippen LogP contribution in [-0.4, -0.2) is 35.4 Å². The maximum Gasteiger partial charge on any atom is 0.408 e. The van der Waals surface area contributed by atoms with Gasteiger partial charge in [0.05, 0.1) is 13.2 Å². The first-order valence-electron chi connectivity index (χ1n) is 6.62.